The van der Waals surface area contributed by atoms with Crippen molar-refractivity contribution in [1.82, 2.24) is 9.55 Å². The van der Waals surface area contributed by atoms with Crippen molar-refractivity contribution in [3.8, 4) is 11.5 Å². The highest BCUT2D eigenvalue weighted by molar-refractivity contribution is 5.90. The first kappa shape index (κ1) is 21.4. The molecule has 0 aliphatic rings. The van der Waals surface area contributed by atoms with Gasteiger partial charge in [0.25, 0.3) is 5.91 Å². The highest BCUT2D eigenvalue weighted by Crippen LogP contribution is 2.26. The summed E-state index contributed by atoms with van der Waals surface area (Å²) >= 11 is 0. The summed E-state index contributed by atoms with van der Waals surface area (Å²) in [5, 5.41) is 10.2. The number of carbonyl (C=O) groups is 1. The van der Waals surface area contributed by atoms with Gasteiger partial charge < -0.3 is 24.9 Å². The van der Waals surface area contributed by atoms with Gasteiger partial charge in [-0.15, -0.1) is 0 Å². The van der Waals surface area contributed by atoms with Crippen molar-refractivity contribution in [2.45, 2.75) is 38.5 Å². The minimum Gasteiger partial charge on any atom is -0.497 e. The normalized spacial score (nSPS) is 12.9. The van der Waals surface area contributed by atoms with Crippen LogP contribution in [0.5, 0.6) is 11.5 Å². The number of imidazole rings is 1. The molecule has 1 heterocycles. The van der Waals surface area contributed by atoms with Crippen molar-refractivity contribution >= 4 is 5.91 Å². The predicted octanol–water partition coefficient (Wildman–Crippen LogP) is 3.12. The third-order valence-electron chi connectivity index (χ3n) is 5.03. The molecule has 1 aromatic heterocycles. The Morgan fingerprint density at radius 1 is 1.20 bits per heavy atom. The summed E-state index contributed by atoms with van der Waals surface area (Å²) in [4.78, 5) is 15.3. The van der Waals surface area contributed by atoms with Crippen LogP contribution in [0.15, 0.2) is 61.1 Å². The Morgan fingerprint density at radius 2 is 1.93 bits per heavy atom. The van der Waals surface area contributed by atoms with Gasteiger partial charge in [-0.2, -0.15) is 0 Å². The van der Waals surface area contributed by atoms with Crippen molar-refractivity contribution in [3.05, 3.63) is 77.9 Å². The fourth-order valence-electron chi connectivity index (χ4n) is 3.32. The number of nitrogens with two attached hydrogens (primary N) is 1. The lowest BCUT2D eigenvalue weighted by Gasteiger charge is -2.22. The van der Waals surface area contributed by atoms with Gasteiger partial charge in [0.2, 0.25) is 0 Å². The zero-order valence-corrected chi connectivity index (χ0v) is 17.2. The first-order chi connectivity index (χ1) is 14.5. The van der Waals surface area contributed by atoms with E-state index in [1.165, 1.54) is 6.33 Å². The third kappa shape index (κ3) is 5.39. The van der Waals surface area contributed by atoms with Crippen LogP contribution in [0, 0.1) is 0 Å². The van der Waals surface area contributed by atoms with E-state index < -0.39 is 12.0 Å². The monoisotopic (exact) mass is 409 g/mol. The van der Waals surface area contributed by atoms with Gasteiger partial charge in [-0.3, -0.25) is 4.79 Å². The molecule has 0 bridgehead atoms. The van der Waals surface area contributed by atoms with E-state index in [-0.39, 0.29) is 11.7 Å². The second-order valence-corrected chi connectivity index (χ2v) is 7.16. The fraction of sp³-hybridized carbons (Fsp3) is 0.304. The number of aryl methyl sites for hydroxylation is 1. The molecule has 0 saturated carbocycles. The van der Waals surface area contributed by atoms with Gasteiger partial charge in [-0.1, -0.05) is 30.3 Å². The zero-order chi connectivity index (χ0) is 21.5. The largest absolute Gasteiger partial charge is 0.497 e. The zero-order valence-electron chi connectivity index (χ0n) is 17.2. The summed E-state index contributed by atoms with van der Waals surface area (Å²) in [6.07, 6.45) is 3.83. The number of carbonyl (C=O) groups excluding carboxylic acids is 1. The van der Waals surface area contributed by atoms with Crippen molar-refractivity contribution in [2.24, 2.45) is 5.73 Å². The summed E-state index contributed by atoms with van der Waals surface area (Å²) in [5.41, 5.74) is 7.56. The Bertz CT molecular complexity index is 967. The summed E-state index contributed by atoms with van der Waals surface area (Å²) in [7, 11) is 1.64. The molecule has 30 heavy (non-hydrogen) atoms. The molecular weight excluding hydrogens is 382 g/mol. The van der Waals surface area contributed by atoms with Gasteiger partial charge >= 0.3 is 0 Å². The molecule has 158 valence electrons. The van der Waals surface area contributed by atoms with Crippen LogP contribution in [0.25, 0.3) is 0 Å². The van der Waals surface area contributed by atoms with Crippen LogP contribution >= 0.6 is 0 Å². The maximum atomic E-state index is 11.3. The van der Waals surface area contributed by atoms with E-state index in [1.54, 1.807) is 24.8 Å². The van der Waals surface area contributed by atoms with E-state index in [1.807, 2.05) is 48.5 Å². The number of rotatable bonds is 10. The number of aliphatic hydroxyl groups is 1. The molecule has 3 rings (SSSR count). The topological polar surface area (TPSA) is 99.6 Å². The molecule has 0 aliphatic heterocycles. The minimum atomic E-state index is -0.618. The number of primary amides is 1. The van der Waals surface area contributed by atoms with Crippen LogP contribution < -0.4 is 15.2 Å². The highest BCUT2D eigenvalue weighted by Gasteiger charge is 2.19. The van der Waals surface area contributed by atoms with Crippen LogP contribution in [-0.4, -0.2) is 33.8 Å². The van der Waals surface area contributed by atoms with Crippen molar-refractivity contribution in [3.63, 3.8) is 0 Å². The molecule has 0 fully saturated rings. The SMILES string of the molecule is COc1ccc(COc2ccccc2CCC(C(C)O)n2cnc(C(N)=O)c2)cc1. The Hall–Kier alpha value is -3.32. The quantitative estimate of drug-likeness (QED) is 0.536. The number of hydrogen-bond donors (Lipinski definition) is 2. The second-order valence-electron chi connectivity index (χ2n) is 7.16. The average Bonchev–Trinajstić information content (AvgIpc) is 3.23. The minimum absolute atomic E-state index is 0.184. The molecule has 2 unspecified atom stereocenters. The number of nitrogens with zero attached hydrogens (tertiary/aromatic N) is 2. The summed E-state index contributed by atoms with van der Waals surface area (Å²) in [6, 6.07) is 15.4. The maximum Gasteiger partial charge on any atom is 0.268 e. The molecular formula is C23H27N3O4. The third-order valence-corrected chi connectivity index (χ3v) is 5.03. The number of para-hydroxylation sites is 1. The van der Waals surface area contributed by atoms with E-state index in [9.17, 15) is 9.90 Å². The van der Waals surface area contributed by atoms with Crippen molar-refractivity contribution in [2.75, 3.05) is 7.11 Å². The molecule has 0 spiro atoms. The Balaban J connectivity index is 1.67. The molecule has 7 nitrogen and oxygen atoms in total. The average molecular weight is 409 g/mol. The fourth-order valence-corrected chi connectivity index (χ4v) is 3.32. The van der Waals surface area contributed by atoms with Gasteiger partial charge in [-0.05, 0) is 49.1 Å². The summed E-state index contributed by atoms with van der Waals surface area (Å²) in [5.74, 6) is 1.03. The Labute approximate surface area is 176 Å². The van der Waals surface area contributed by atoms with E-state index in [0.29, 0.717) is 19.4 Å². The lowest BCUT2D eigenvalue weighted by atomic mass is 10.0. The molecule has 2 atom stereocenters. The smallest absolute Gasteiger partial charge is 0.268 e. The lowest BCUT2D eigenvalue weighted by molar-refractivity contribution is 0.0994. The summed E-state index contributed by atoms with van der Waals surface area (Å²) in [6.45, 7) is 2.17. The Kier molecular flexibility index (Phi) is 7.08. The van der Waals surface area contributed by atoms with Crippen molar-refractivity contribution in [1.29, 1.82) is 0 Å². The number of hydrogen-bond acceptors (Lipinski definition) is 5. The van der Waals surface area contributed by atoms with Gasteiger partial charge in [-0.25, -0.2) is 4.98 Å². The second kappa shape index (κ2) is 9.93. The summed E-state index contributed by atoms with van der Waals surface area (Å²) < 4.78 is 13.0. The number of amides is 1. The number of methoxy groups -OCH3 is 1. The van der Waals surface area contributed by atoms with Gasteiger partial charge in [0, 0.05) is 6.20 Å². The molecule has 2 aromatic carbocycles. The van der Waals surface area contributed by atoms with Gasteiger partial charge in [0.15, 0.2) is 0 Å². The number of aliphatic hydroxyl groups excluding tert-OH is 1. The maximum absolute atomic E-state index is 11.3. The van der Waals surface area contributed by atoms with Gasteiger partial charge in [0.1, 0.15) is 23.8 Å². The Morgan fingerprint density at radius 3 is 2.57 bits per heavy atom. The first-order valence-electron chi connectivity index (χ1n) is 9.83. The highest BCUT2D eigenvalue weighted by atomic mass is 16.5. The van der Waals surface area contributed by atoms with Crippen LogP contribution in [0.3, 0.4) is 0 Å². The molecule has 3 N–H and O–H groups in total. The molecule has 0 radical (unpaired) electrons. The van der Waals surface area contributed by atoms with Crippen LogP contribution in [0.4, 0.5) is 0 Å². The molecule has 0 aliphatic carbocycles. The standard InChI is InChI=1S/C23H27N3O4/c1-16(27)21(26-13-20(23(24)28)25-15-26)12-9-18-5-3-4-6-22(18)30-14-17-7-10-19(29-2)11-8-17/h3-8,10-11,13,15-16,21,27H,9,12,14H2,1-2H3,(H2,24,28). The number of benzene rings is 2. The molecule has 0 saturated heterocycles. The molecule has 1 amide bonds. The van der Waals surface area contributed by atoms with E-state index in [2.05, 4.69) is 4.98 Å². The molecule has 7 heteroatoms. The number of aromatic nitrogens is 2. The van der Waals surface area contributed by atoms with Crippen molar-refractivity contribution < 1.29 is 19.4 Å². The predicted molar refractivity (Wildman–Crippen MR) is 114 cm³/mol. The number of ether oxygens (including phenoxy) is 2. The van der Waals surface area contributed by atoms with Crippen LogP contribution in [0.1, 0.15) is 41.0 Å². The van der Waals surface area contributed by atoms with Gasteiger partial charge in [0.05, 0.1) is 25.6 Å². The molecule has 3 aromatic rings. The van der Waals surface area contributed by atoms with Crippen LogP contribution in [0.2, 0.25) is 0 Å². The first-order valence-corrected chi connectivity index (χ1v) is 9.83. The van der Waals surface area contributed by atoms with E-state index in [4.69, 9.17) is 15.2 Å². The van der Waals surface area contributed by atoms with E-state index >= 15 is 0 Å². The van der Waals surface area contributed by atoms with Crippen LogP contribution in [-0.2, 0) is 13.0 Å². The lowest BCUT2D eigenvalue weighted by Crippen LogP contribution is -2.21. The van der Waals surface area contributed by atoms with E-state index in [0.717, 1.165) is 22.6 Å².